The first-order valence-electron chi connectivity index (χ1n) is 4.31. The lowest BCUT2D eigenvalue weighted by Gasteiger charge is -1.98. The first-order chi connectivity index (χ1) is 7.15. The third-order valence-electron chi connectivity index (χ3n) is 1.70. The number of hydrogen-bond donors (Lipinski definition) is 3. The van der Waals surface area contributed by atoms with Crippen LogP contribution in [0.3, 0.4) is 0 Å². The van der Waals surface area contributed by atoms with Gasteiger partial charge in [-0.2, -0.15) is 0 Å². The van der Waals surface area contributed by atoms with E-state index in [1.807, 2.05) is 0 Å². The first kappa shape index (κ1) is 11.1. The number of hydrogen-bond acceptors (Lipinski definition) is 3. The summed E-state index contributed by atoms with van der Waals surface area (Å²) in [6.45, 7) is -0.0407. The van der Waals surface area contributed by atoms with E-state index in [2.05, 4.69) is 11.8 Å². The number of carbonyl (C=O) groups is 1. The Balaban J connectivity index is 2.95. The van der Waals surface area contributed by atoms with E-state index in [0.29, 0.717) is 12.0 Å². The topological polar surface area (TPSA) is 77.8 Å². The van der Waals surface area contributed by atoms with Crippen molar-refractivity contribution in [2.75, 3.05) is 6.61 Å². The summed E-state index contributed by atoms with van der Waals surface area (Å²) in [5.41, 5.74) is 0.369. The van der Waals surface area contributed by atoms with E-state index in [4.69, 9.17) is 10.2 Å². The van der Waals surface area contributed by atoms with Crippen LogP contribution in [0.2, 0.25) is 0 Å². The lowest BCUT2D eigenvalue weighted by Crippen LogP contribution is -1.95. The average molecular weight is 206 g/mol. The standard InChI is InChI=1S/C11H10O4/c12-6-2-1-3-8-4-5-9(11(14)15)7-10(8)13/h4-5,7,12-13H,2,6H2,(H,14,15). The van der Waals surface area contributed by atoms with Gasteiger partial charge in [-0.05, 0) is 18.2 Å². The fourth-order valence-electron chi connectivity index (χ4n) is 0.984. The Labute approximate surface area is 86.8 Å². The van der Waals surface area contributed by atoms with Gasteiger partial charge in [0.25, 0.3) is 0 Å². The number of rotatable bonds is 2. The van der Waals surface area contributed by atoms with E-state index < -0.39 is 5.97 Å². The van der Waals surface area contributed by atoms with Gasteiger partial charge in [0.15, 0.2) is 0 Å². The zero-order chi connectivity index (χ0) is 11.3. The molecule has 0 saturated carbocycles. The maximum absolute atomic E-state index is 10.5. The number of carboxylic acid groups (broad SMARTS) is 1. The molecule has 1 rings (SSSR count). The Kier molecular flexibility index (Phi) is 3.72. The van der Waals surface area contributed by atoms with Crippen molar-refractivity contribution in [2.45, 2.75) is 6.42 Å². The second-order valence-corrected chi connectivity index (χ2v) is 2.81. The zero-order valence-corrected chi connectivity index (χ0v) is 7.90. The molecule has 0 spiro atoms. The lowest BCUT2D eigenvalue weighted by molar-refractivity contribution is 0.0696. The third-order valence-corrected chi connectivity index (χ3v) is 1.70. The number of phenolic OH excluding ortho intramolecular Hbond substituents is 1. The minimum atomic E-state index is -1.10. The van der Waals surface area contributed by atoms with E-state index in [1.54, 1.807) is 0 Å². The highest BCUT2D eigenvalue weighted by Gasteiger charge is 2.05. The van der Waals surface area contributed by atoms with E-state index >= 15 is 0 Å². The highest BCUT2D eigenvalue weighted by Crippen LogP contribution is 2.17. The molecule has 0 radical (unpaired) electrons. The molecule has 0 atom stereocenters. The first-order valence-corrected chi connectivity index (χ1v) is 4.31. The molecule has 0 aromatic heterocycles. The molecule has 1 aromatic rings. The smallest absolute Gasteiger partial charge is 0.335 e. The van der Waals surface area contributed by atoms with Crippen molar-refractivity contribution in [1.29, 1.82) is 0 Å². The summed E-state index contributed by atoms with van der Waals surface area (Å²) < 4.78 is 0. The van der Waals surface area contributed by atoms with Crippen LogP contribution in [0.15, 0.2) is 18.2 Å². The molecular formula is C11H10O4. The fraction of sp³-hybridized carbons (Fsp3) is 0.182. The number of aliphatic hydroxyl groups excluding tert-OH is 1. The van der Waals surface area contributed by atoms with E-state index in [-0.39, 0.29) is 17.9 Å². The molecule has 0 bridgehead atoms. The Morgan fingerprint density at radius 2 is 2.13 bits per heavy atom. The zero-order valence-electron chi connectivity index (χ0n) is 7.90. The molecular weight excluding hydrogens is 196 g/mol. The molecule has 0 fully saturated rings. The second-order valence-electron chi connectivity index (χ2n) is 2.81. The summed E-state index contributed by atoms with van der Waals surface area (Å²) in [5.74, 6) is 4.00. The van der Waals surface area contributed by atoms with E-state index in [1.165, 1.54) is 12.1 Å². The Morgan fingerprint density at radius 1 is 1.40 bits per heavy atom. The van der Waals surface area contributed by atoms with Crippen molar-refractivity contribution >= 4 is 5.97 Å². The van der Waals surface area contributed by atoms with Gasteiger partial charge >= 0.3 is 5.97 Å². The maximum atomic E-state index is 10.5. The SMILES string of the molecule is O=C(O)c1ccc(C#CCCO)c(O)c1. The summed E-state index contributed by atoms with van der Waals surface area (Å²) >= 11 is 0. The van der Waals surface area contributed by atoms with Crippen molar-refractivity contribution in [3.63, 3.8) is 0 Å². The van der Waals surface area contributed by atoms with Crippen molar-refractivity contribution in [2.24, 2.45) is 0 Å². The van der Waals surface area contributed by atoms with Crippen molar-refractivity contribution in [1.82, 2.24) is 0 Å². The predicted octanol–water partition coefficient (Wildman–Crippen LogP) is 0.824. The van der Waals surface area contributed by atoms with Crippen LogP contribution in [0.5, 0.6) is 5.75 Å². The van der Waals surface area contributed by atoms with Gasteiger partial charge in [0.05, 0.1) is 17.7 Å². The van der Waals surface area contributed by atoms with Gasteiger partial charge in [-0.25, -0.2) is 4.79 Å². The van der Waals surface area contributed by atoms with Gasteiger partial charge in [0.2, 0.25) is 0 Å². The summed E-state index contributed by atoms with van der Waals surface area (Å²) in [5, 5.41) is 26.5. The normalized spacial score (nSPS) is 9.13. The van der Waals surface area contributed by atoms with Crippen molar-refractivity contribution in [3.8, 4) is 17.6 Å². The Morgan fingerprint density at radius 3 is 2.67 bits per heavy atom. The van der Waals surface area contributed by atoms with Crippen LogP contribution in [0.1, 0.15) is 22.3 Å². The van der Waals surface area contributed by atoms with Crippen LogP contribution in [-0.4, -0.2) is 27.9 Å². The number of aromatic hydroxyl groups is 1. The van der Waals surface area contributed by atoms with Gasteiger partial charge in [-0.1, -0.05) is 11.8 Å². The molecule has 4 nitrogen and oxygen atoms in total. The summed E-state index contributed by atoms with van der Waals surface area (Å²) in [6, 6.07) is 3.94. The quantitative estimate of drug-likeness (QED) is 0.626. The molecule has 0 aliphatic rings. The number of carboxylic acids is 1. The van der Waals surface area contributed by atoms with Crippen molar-refractivity contribution < 1.29 is 20.1 Å². The largest absolute Gasteiger partial charge is 0.507 e. The number of benzene rings is 1. The summed E-state index contributed by atoms with van der Waals surface area (Å²) in [7, 11) is 0. The minimum absolute atomic E-state index is 0.0141. The van der Waals surface area contributed by atoms with Gasteiger partial charge in [-0.3, -0.25) is 0 Å². The molecule has 0 aliphatic heterocycles. The van der Waals surface area contributed by atoms with Crippen LogP contribution in [0, 0.1) is 11.8 Å². The van der Waals surface area contributed by atoms with Crippen LogP contribution >= 0.6 is 0 Å². The molecule has 4 heteroatoms. The average Bonchev–Trinajstić information content (AvgIpc) is 2.20. The lowest BCUT2D eigenvalue weighted by atomic mass is 10.1. The van der Waals surface area contributed by atoms with Crippen LogP contribution in [0.4, 0.5) is 0 Å². The monoisotopic (exact) mass is 206 g/mol. The molecule has 0 heterocycles. The molecule has 0 unspecified atom stereocenters. The molecule has 0 saturated heterocycles. The summed E-state index contributed by atoms with van der Waals surface area (Å²) in [4.78, 5) is 10.5. The highest BCUT2D eigenvalue weighted by atomic mass is 16.4. The molecule has 78 valence electrons. The van der Waals surface area contributed by atoms with Crippen LogP contribution < -0.4 is 0 Å². The molecule has 15 heavy (non-hydrogen) atoms. The fourth-order valence-corrected chi connectivity index (χ4v) is 0.984. The number of aromatic carboxylic acids is 1. The minimum Gasteiger partial charge on any atom is -0.507 e. The highest BCUT2D eigenvalue weighted by molar-refractivity contribution is 5.88. The molecule has 1 aromatic carbocycles. The van der Waals surface area contributed by atoms with Gasteiger partial charge in [0.1, 0.15) is 5.75 Å². The van der Waals surface area contributed by atoms with Gasteiger partial charge in [-0.15, -0.1) is 0 Å². The Bertz CT molecular complexity index is 426. The third kappa shape index (κ3) is 3.01. The Hall–Kier alpha value is -1.99. The second kappa shape index (κ2) is 5.03. The van der Waals surface area contributed by atoms with Gasteiger partial charge < -0.3 is 15.3 Å². The van der Waals surface area contributed by atoms with E-state index in [0.717, 1.165) is 6.07 Å². The van der Waals surface area contributed by atoms with Crippen LogP contribution in [0.25, 0.3) is 0 Å². The number of phenols is 1. The summed E-state index contributed by atoms with van der Waals surface area (Å²) in [6.07, 6.45) is 0.320. The predicted molar refractivity (Wildman–Crippen MR) is 53.6 cm³/mol. The van der Waals surface area contributed by atoms with Crippen molar-refractivity contribution in [3.05, 3.63) is 29.3 Å². The van der Waals surface area contributed by atoms with Crippen LogP contribution in [-0.2, 0) is 0 Å². The molecule has 0 aliphatic carbocycles. The maximum Gasteiger partial charge on any atom is 0.335 e. The van der Waals surface area contributed by atoms with Gasteiger partial charge in [0, 0.05) is 6.42 Å². The van der Waals surface area contributed by atoms with E-state index in [9.17, 15) is 9.90 Å². The number of aliphatic hydroxyl groups is 1. The molecule has 0 amide bonds. The molecule has 3 N–H and O–H groups in total.